The average Bonchev–Trinajstić information content (AvgIpc) is 2.68. The van der Waals surface area contributed by atoms with Gasteiger partial charge in [0.2, 0.25) is 0 Å². The molecule has 1 saturated carbocycles. The van der Waals surface area contributed by atoms with E-state index in [9.17, 15) is 13.2 Å². The predicted molar refractivity (Wildman–Crippen MR) is 107 cm³/mol. The minimum Gasteiger partial charge on any atom is -0.207 e. The molecule has 0 bridgehead atoms. The van der Waals surface area contributed by atoms with Crippen LogP contribution < -0.4 is 0 Å². The van der Waals surface area contributed by atoms with Crippen molar-refractivity contribution in [1.82, 2.24) is 0 Å². The lowest BCUT2D eigenvalue weighted by molar-refractivity contribution is 0.161. The van der Waals surface area contributed by atoms with E-state index in [-0.39, 0.29) is 11.7 Å². The van der Waals surface area contributed by atoms with E-state index in [1.807, 2.05) is 19.1 Å². The first kappa shape index (κ1) is 19.3. The summed E-state index contributed by atoms with van der Waals surface area (Å²) in [4.78, 5) is 0. The molecule has 2 aromatic carbocycles. The second-order valence-electron chi connectivity index (χ2n) is 8.33. The molecule has 0 saturated heterocycles. The Morgan fingerprint density at radius 1 is 0.964 bits per heavy atom. The SMILES string of the molecule is CC=CCC[C@@H]1CC[C@H]2c3cc(F)cc(F)c3CC[C@@H]2[C@H]1c1ccc(F)cc1. The molecule has 0 aliphatic heterocycles. The van der Waals surface area contributed by atoms with E-state index >= 15 is 0 Å². The van der Waals surface area contributed by atoms with Gasteiger partial charge in [0.15, 0.2) is 0 Å². The summed E-state index contributed by atoms with van der Waals surface area (Å²) in [5.41, 5.74) is 2.74. The summed E-state index contributed by atoms with van der Waals surface area (Å²) in [7, 11) is 0. The Kier molecular flexibility index (Phi) is 5.61. The molecule has 0 heterocycles. The third-order valence-electron chi connectivity index (χ3n) is 6.85. The fraction of sp³-hybridized carbons (Fsp3) is 0.440. The maximum Gasteiger partial charge on any atom is 0.129 e. The lowest BCUT2D eigenvalue weighted by Gasteiger charge is -2.47. The standard InChI is InChI=1S/C25H27F3/c1-2-3-4-5-16-8-11-20-22(25(16)17-6-9-18(26)10-7-17)13-12-21-23(20)14-19(27)15-24(21)28/h2-3,6-7,9-10,14-16,20,22,25H,4-5,8,11-13H2,1H3/t16-,20-,22+,25-/m1/s1. The molecule has 0 unspecified atom stereocenters. The van der Waals surface area contributed by atoms with Crippen molar-refractivity contribution in [3.63, 3.8) is 0 Å². The maximum atomic E-state index is 14.3. The van der Waals surface area contributed by atoms with Gasteiger partial charge in [-0.1, -0.05) is 24.3 Å². The molecule has 0 nitrogen and oxygen atoms in total. The Morgan fingerprint density at radius 3 is 2.50 bits per heavy atom. The first-order valence-electron chi connectivity index (χ1n) is 10.4. The van der Waals surface area contributed by atoms with Crippen molar-refractivity contribution >= 4 is 0 Å². The van der Waals surface area contributed by atoms with Crippen molar-refractivity contribution in [3.8, 4) is 0 Å². The van der Waals surface area contributed by atoms with Crippen molar-refractivity contribution < 1.29 is 13.2 Å². The summed E-state index contributed by atoms with van der Waals surface area (Å²) >= 11 is 0. The minimum atomic E-state index is -0.481. The van der Waals surface area contributed by atoms with Crippen LogP contribution in [-0.4, -0.2) is 0 Å². The van der Waals surface area contributed by atoms with E-state index in [0.29, 0.717) is 29.7 Å². The summed E-state index contributed by atoms with van der Waals surface area (Å²) < 4.78 is 41.8. The van der Waals surface area contributed by atoms with Crippen molar-refractivity contribution in [1.29, 1.82) is 0 Å². The fourth-order valence-corrected chi connectivity index (χ4v) is 5.69. The van der Waals surface area contributed by atoms with Gasteiger partial charge < -0.3 is 0 Å². The molecule has 4 atom stereocenters. The minimum absolute atomic E-state index is 0.182. The smallest absolute Gasteiger partial charge is 0.129 e. The molecule has 0 amide bonds. The molecule has 2 aliphatic rings. The number of benzene rings is 2. The Hall–Kier alpha value is -2.03. The van der Waals surface area contributed by atoms with Gasteiger partial charge >= 0.3 is 0 Å². The lowest BCUT2D eigenvalue weighted by atomic mass is 9.57. The molecule has 0 N–H and O–H groups in total. The molecule has 2 aromatic rings. The highest BCUT2D eigenvalue weighted by Gasteiger charge is 2.43. The van der Waals surface area contributed by atoms with Crippen molar-refractivity contribution in [2.75, 3.05) is 0 Å². The molecule has 0 radical (unpaired) electrons. The van der Waals surface area contributed by atoms with Crippen LogP contribution in [0.1, 0.15) is 67.6 Å². The topological polar surface area (TPSA) is 0 Å². The van der Waals surface area contributed by atoms with Crippen LogP contribution in [0.25, 0.3) is 0 Å². The quantitative estimate of drug-likeness (QED) is 0.485. The zero-order valence-corrected chi connectivity index (χ0v) is 16.3. The van der Waals surface area contributed by atoms with E-state index < -0.39 is 11.6 Å². The summed E-state index contributed by atoms with van der Waals surface area (Å²) in [6, 6.07) is 9.46. The van der Waals surface area contributed by atoms with Crippen LogP contribution in [0, 0.1) is 29.3 Å². The summed E-state index contributed by atoms with van der Waals surface area (Å²) in [5, 5.41) is 0. The van der Waals surface area contributed by atoms with Gasteiger partial charge in [0.05, 0.1) is 0 Å². The first-order valence-corrected chi connectivity index (χ1v) is 10.4. The summed E-state index contributed by atoms with van der Waals surface area (Å²) in [6.07, 6.45) is 9.99. The van der Waals surface area contributed by atoms with Crippen LogP contribution in [-0.2, 0) is 6.42 Å². The lowest BCUT2D eigenvalue weighted by Crippen LogP contribution is -2.35. The summed E-state index contributed by atoms with van der Waals surface area (Å²) in [6.45, 7) is 2.04. The second-order valence-corrected chi connectivity index (χ2v) is 8.33. The number of hydrogen-bond donors (Lipinski definition) is 0. The first-order chi connectivity index (χ1) is 13.6. The van der Waals surface area contributed by atoms with Crippen LogP contribution in [0.5, 0.6) is 0 Å². The van der Waals surface area contributed by atoms with Crippen molar-refractivity contribution in [2.24, 2.45) is 11.8 Å². The van der Waals surface area contributed by atoms with E-state index in [4.69, 9.17) is 0 Å². The monoisotopic (exact) mass is 384 g/mol. The van der Waals surface area contributed by atoms with Gasteiger partial charge in [-0.15, -0.1) is 0 Å². The summed E-state index contributed by atoms with van der Waals surface area (Å²) in [5.74, 6) is 0.254. The van der Waals surface area contributed by atoms with Gasteiger partial charge in [0, 0.05) is 6.07 Å². The van der Waals surface area contributed by atoms with Crippen LogP contribution in [0.2, 0.25) is 0 Å². The molecular formula is C25H27F3. The molecule has 148 valence electrons. The molecule has 1 fully saturated rings. The number of hydrogen-bond acceptors (Lipinski definition) is 0. The Labute approximate surface area is 165 Å². The Bertz CT molecular complexity index is 853. The van der Waals surface area contributed by atoms with Crippen molar-refractivity contribution in [3.05, 3.63) is 82.7 Å². The van der Waals surface area contributed by atoms with Crippen LogP contribution >= 0.6 is 0 Å². The molecular weight excluding hydrogens is 357 g/mol. The van der Waals surface area contributed by atoms with Crippen LogP contribution in [0.15, 0.2) is 48.6 Å². The zero-order chi connectivity index (χ0) is 19.7. The van der Waals surface area contributed by atoms with Gasteiger partial charge in [-0.05, 0) is 104 Å². The van der Waals surface area contributed by atoms with Crippen molar-refractivity contribution in [2.45, 2.75) is 57.3 Å². The largest absolute Gasteiger partial charge is 0.207 e. The predicted octanol–water partition coefficient (Wildman–Crippen LogP) is 7.30. The Balaban J connectivity index is 1.71. The van der Waals surface area contributed by atoms with E-state index in [1.54, 1.807) is 6.07 Å². The molecule has 0 spiro atoms. The molecule has 4 rings (SSSR count). The number of allylic oxidation sites excluding steroid dienone is 2. The number of fused-ring (bicyclic) bond motifs is 3. The van der Waals surface area contributed by atoms with E-state index in [2.05, 4.69) is 12.2 Å². The number of halogens is 3. The highest BCUT2D eigenvalue weighted by atomic mass is 19.1. The Morgan fingerprint density at radius 2 is 1.75 bits per heavy atom. The highest BCUT2D eigenvalue weighted by Crippen LogP contribution is 2.55. The molecule has 0 aromatic heterocycles. The maximum absolute atomic E-state index is 14.3. The zero-order valence-electron chi connectivity index (χ0n) is 16.3. The molecule has 28 heavy (non-hydrogen) atoms. The normalized spacial score (nSPS) is 26.9. The average molecular weight is 384 g/mol. The highest BCUT2D eigenvalue weighted by molar-refractivity contribution is 5.38. The second kappa shape index (κ2) is 8.14. The van der Waals surface area contributed by atoms with E-state index in [0.717, 1.165) is 43.7 Å². The number of rotatable bonds is 4. The molecule has 2 aliphatic carbocycles. The van der Waals surface area contributed by atoms with Crippen LogP contribution in [0.4, 0.5) is 13.2 Å². The van der Waals surface area contributed by atoms with Crippen LogP contribution in [0.3, 0.4) is 0 Å². The van der Waals surface area contributed by atoms with Gasteiger partial charge in [-0.25, -0.2) is 13.2 Å². The van der Waals surface area contributed by atoms with Gasteiger partial charge in [-0.2, -0.15) is 0 Å². The fourth-order valence-electron chi connectivity index (χ4n) is 5.69. The molecule has 3 heteroatoms. The van der Waals surface area contributed by atoms with Gasteiger partial charge in [-0.3, -0.25) is 0 Å². The van der Waals surface area contributed by atoms with Gasteiger partial charge in [0.1, 0.15) is 17.5 Å². The third-order valence-corrected chi connectivity index (χ3v) is 6.85. The van der Waals surface area contributed by atoms with E-state index in [1.165, 1.54) is 17.7 Å². The third kappa shape index (κ3) is 3.64. The van der Waals surface area contributed by atoms with Gasteiger partial charge in [0.25, 0.3) is 0 Å².